The fourth-order valence-electron chi connectivity index (χ4n) is 1.15. The summed E-state index contributed by atoms with van der Waals surface area (Å²) in [6, 6.07) is 3.81. The monoisotopic (exact) mass is 192 g/mol. The van der Waals surface area contributed by atoms with E-state index in [1.54, 1.807) is 18.6 Å². The van der Waals surface area contributed by atoms with Gasteiger partial charge in [-0.25, -0.2) is 4.98 Å². The predicted octanol–water partition coefficient (Wildman–Crippen LogP) is 2.21. The molecule has 0 fully saturated rings. The number of rotatable bonds is 3. The van der Waals surface area contributed by atoms with Gasteiger partial charge in [0.25, 0.3) is 5.89 Å². The van der Waals surface area contributed by atoms with Crippen molar-refractivity contribution in [2.45, 2.75) is 13.0 Å². The van der Waals surface area contributed by atoms with Gasteiger partial charge >= 0.3 is 0 Å². The second-order valence-electron chi connectivity index (χ2n) is 3.07. The van der Waals surface area contributed by atoms with Crippen LogP contribution in [0.4, 0.5) is 0 Å². The van der Waals surface area contributed by atoms with Crippen LogP contribution >= 0.6 is 0 Å². The molecule has 4 nitrogen and oxygen atoms in total. The van der Waals surface area contributed by atoms with E-state index in [2.05, 4.69) is 10.3 Å². The molecule has 0 saturated carbocycles. The second kappa shape index (κ2) is 3.67. The Hall–Kier alpha value is -1.55. The lowest BCUT2D eigenvalue weighted by Gasteiger charge is -2.03. The highest BCUT2D eigenvalue weighted by atomic mass is 16.4. The van der Waals surface area contributed by atoms with E-state index in [1.165, 1.54) is 0 Å². The fourth-order valence-corrected chi connectivity index (χ4v) is 1.15. The Labute approximate surface area is 81.9 Å². The molecule has 1 N–H and O–H groups in total. The summed E-state index contributed by atoms with van der Waals surface area (Å²) in [5.74, 6) is 1.17. The fraction of sp³-hybridized carbons (Fsp3) is 0.300. The summed E-state index contributed by atoms with van der Waals surface area (Å²) in [4.78, 5) is 4.30. The summed E-state index contributed by atoms with van der Waals surface area (Å²) >= 11 is 0. The van der Waals surface area contributed by atoms with E-state index in [1.807, 2.05) is 20.0 Å². The largest absolute Gasteiger partial charge is 0.459 e. The number of nitrogens with one attached hydrogen (secondary N) is 1. The molecule has 0 radical (unpaired) electrons. The molecule has 0 saturated heterocycles. The first-order valence-electron chi connectivity index (χ1n) is 4.48. The summed E-state index contributed by atoms with van der Waals surface area (Å²) < 4.78 is 10.5. The molecule has 2 heterocycles. The Balaban J connectivity index is 2.26. The Morgan fingerprint density at radius 2 is 2.29 bits per heavy atom. The minimum atomic E-state index is 0.183. The third-order valence-corrected chi connectivity index (χ3v) is 2.13. The number of hydrogen-bond donors (Lipinski definition) is 1. The van der Waals surface area contributed by atoms with Gasteiger partial charge in [-0.15, -0.1) is 0 Å². The zero-order valence-electron chi connectivity index (χ0n) is 8.15. The summed E-state index contributed by atoms with van der Waals surface area (Å²) in [5, 5.41) is 3.09. The number of hydrogen-bond acceptors (Lipinski definition) is 4. The van der Waals surface area contributed by atoms with Gasteiger partial charge in [-0.2, -0.15) is 0 Å². The van der Waals surface area contributed by atoms with Crippen molar-refractivity contribution in [3.8, 4) is 11.7 Å². The standard InChI is InChI=1S/C10H12N2O2/c1-7(11-2)8-6-14-10(12-8)9-4-3-5-13-9/h3-7,11H,1-2H3. The van der Waals surface area contributed by atoms with Gasteiger partial charge in [0.05, 0.1) is 12.0 Å². The van der Waals surface area contributed by atoms with Crippen molar-refractivity contribution < 1.29 is 8.83 Å². The van der Waals surface area contributed by atoms with Crippen LogP contribution in [0.5, 0.6) is 0 Å². The zero-order chi connectivity index (χ0) is 9.97. The quantitative estimate of drug-likeness (QED) is 0.810. The van der Waals surface area contributed by atoms with Crippen molar-refractivity contribution in [3.63, 3.8) is 0 Å². The first-order valence-corrected chi connectivity index (χ1v) is 4.48. The van der Waals surface area contributed by atoms with Gasteiger partial charge in [0.1, 0.15) is 6.26 Å². The minimum Gasteiger partial charge on any atom is -0.459 e. The number of furan rings is 1. The zero-order valence-corrected chi connectivity index (χ0v) is 8.15. The molecule has 1 atom stereocenters. The van der Waals surface area contributed by atoms with Crippen molar-refractivity contribution in [1.29, 1.82) is 0 Å². The molecule has 2 aromatic rings. The van der Waals surface area contributed by atoms with Gasteiger partial charge in [-0.05, 0) is 26.1 Å². The molecule has 2 rings (SSSR count). The van der Waals surface area contributed by atoms with Crippen LogP contribution in [0.2, 0.25) is 0 Å². The minimum absolute atomic E-state index is 0.183. The first kappa shape index (κ1) is 9.02. The molecular weight excluding hydrogens is 180 g/mol. The number of oxazole rings is 1. The SMILES string of the molecule is CNC(C)c1coc(-c2ccco2)n1. The molecule has 0 bridgehead atoms. The average molecular weight is 192 g/mol. The Kier molecular flexibility index (Phi) is 2.37. The van der Waals surface area contributed by atoms with E-state index in [-0.39, 0.29) is 6.04 Å². The molecule has 1 unspecified atom stereocenters. The van der Waals surface area contributed by atoms with Gasteiger partial charge in [0, 0.05) is 6.04 Å². The highest BCUT2D eigenvalue weighted by Crippen LogP contribution is 2.21. The topological polar surface area (TPSA) is 51.2 Å². The second-order valence-corrected chi connectivity index (χ2v) is 3.07. The Morgan fingerprint density at radius 3 is 2.93 bits per heavy atom. The van der Waals surface area contributed by atoms with E-state index >= 15 is 0 Å². The van der Waals surface area contributed by atoms with Crippen LogP contribution in [0, 0.1) is 0 Å². The summed E-state index contributed by atoms with van der Waals surface area (Å²) in [6.07, 6.45) is 3.24. The van der Waals surface area contributed by atoms with Crippen molar-refractivity contribution in [2.75, 3.05) is 7.05 Å². The maximum atomic E-state index is 5.29. The maximum absolute atomic E-state index is 5.29. The third kappa shape index (κ3) is 1.56. The maximum Gasteiger partial charge on any atom is 0.263 e. The molecule has 0 aliphatic carbocycles. The number of aromatic nitrogens is 1. The van der Waals surface area contributed by atoms with E-state index in [0.29, 0.717) is 11.7 Å². The van der Waals surface area contributed by atoms with E-state index in [9.17, 15) is 0 Å². The number of nitrogens with zero attached hydrogens (tertiary/aromatic N) is 1. The third-order valence-electron chi connectivity index (χ3n) is 2.13. The van der Waals surface area contributed by atoms with Gasteiger partial charge in [-0.3, -0.25) is 0 Å². The molecule has 0 aliphatic heterocycles. The van der Waals surface area contributed by atoms with E-state index in [4.69, 9.17) is 8.83 Å². The summed E-state index contributed by atoms with van der Waals surface area (Å²) in [7, 11) is 1.88. The molecule has 0 aromatic carbocycles. The van der Waals surface area contributed by atoms with Crippen molar-refractivity contribution in [1.82, 2.24) is 10.3 Å². The Bertz CT molecular complexity index is 392. The normalized spacial score (nSPS) is 13.0. The molecule has 0 amide bonds. The van der Waals surface area contributed by atoms with Crippen LogP contribution in [-0.4, -0.2) is 12.0 Å². The Morgan fingerprint density at radius 1 is 1.43 bits per heavy atom. The van der Waals surface area contributed by atoms with Crippen LogP contribution < -0.4 is 5.32 Å². The summed E-state index contributed by atoms with van der Waals surface area (Å²) in [6.45, 7) is 2.02. The lowest BCUT2D eigenvalue weighted by atomic mass is 10.3. The average Bonchev–Trinajstić information content (AvgIpc) is 2.86. The van der Waals surface area contributed by atoms with E-state index in [0.717, 1.165) is 5.69 Å². The van der Waals surface area contributed by atoms with E-state index < -0.39 is 0 Å². The van der Waals surface area contributed by atoms with Gasteiger partial charge < -0.3 is 14.2 Å². The van der Waals surface area contributed by atoms with Crippen LogP contribution in [0.15, 0.2) is 33.5 Å². The van der Waals surface area contributed by atoms with Crippen LogP contribution in [0.3, 0.4) is 0 Å². The first-order chi connectivity index (χ1) is 6.81. The molecule has 14 heavy (non-hydrogen) atoms. The highest BCUT2D eigenvalue weighted by molar-refractivity contribution is 5.43. The van der Waals surface area contributed by atoms with Crippen molar-refractivity contribution in [2.24, 2.45) is 0 Å². The lowest BCUT2D eigenvalue weighted by molar-refractivity contribution is 0.516. The molecule has 4 heteroatoms. The van der Waals surface area contributed by atoms with Crippen LogP contribution in [0.25, 0.3) is 11.7 Å². The smallest absolute Gasteiger partial charge is 0.263 e. The van der Waals surface area contributed by atoms with Gasteiger partial charge in [0.15, 0.2) is 5.76 Å². The molecule has 0 spiro atoms. The molecule has 74 valence electrons. The molecular formula is C10H12N2O2. The van der Waals surface area contributed by atoms with Gasteiger partial charge in [0.2, 0.25) is 0 Å². The summed E-state index contributed by atoms with van der Waals surface area (Å²) in [5.41, 5.74) is 0.874. The molecule has 2 aromatic heterocycles. The molecule has 0 aliphatic rings. The lowest BCUT2D eigenvalue weighted by Crippen LogP contribution is -2.12. The van der Waals surface area contributed by atoms with Crippen LogP contribution in [0.1, 0.15) is 18.7 Å². The highest BCUT2D eigenvalue weighted by Gasteiger charge is 2.12. The predicted molar refractivity (Wildman–Crippen MR) is 51.7 cm³/mol. The van der Waals surface area contributed by atoms with Crippen LogP contribution in [-0.2, 0) is 0 Å². The van der Waals surface area contributed by atoms with Crippen molar-refractivity contribution in [3.05, 3.63) is 30.4 Å². The van der Waals surface area contributed by atoms with Gasteiger partial charge in [-0.1, -0.05) is 0 Å². The van der Waals surface area contributed by atoms with Crippen molar-refractivity contribution >= 4 is 0 Å².